The minimum atomic E-state index is 0.228. The van der Waals surface area contributed by atoms with Gasteiger partial charge in [0.2, 0.25) is 0 Å². The van der Waals surface area contributed by atoms with Gasteiger partial charge in [-0.2, -0.15) is 0 Å². The van der Waals surface area contributed by atoms with Gasteiger partial charge < -0.3 is 15.3 Å². The highest BCUT2D eigenvalue weighted by Gasteiger charge is 2.21. The van der Waals surface area contributed by atoms with Crippen molar-refractivity contribution >= 4 is 0 Å². The first-order valence-corrected chi connectivity index (χ1v) is 4.88. The molecule has 0 aliphatic rings. The number of hydrogen-bond donors (Lipinski definition) is 2. The van der Waals surface area contributed by atoms with Crippen LogP contribution in [0, 0.1) is 5.41 Å². The Morgan fingerprint density at radius 3 is 2.38 bits per heavy atom. The van der Waals surface area contributed by atoms with E-state index >= 15 is 0 Å². The summed E-state index contributed by atoms with van der Waals surface area (Å²) in [6.07, 6.45) is 0. The number of aliphatic hydroxyl groups is 1. The normalized spacial score (nSPS) is 15.0. The molecule has 1 atom stereocenters. The number of hydrogen-bond acceptors (Lipinski definition) is 3. The van der Waals surface area contributed by atoms with Crippen molar-refractivity contribution in [3.05, 3.63) is 0 Å². The van der Waals surface area contributed by atoms with Crippen molar-refractivity contribution in [3.8, 4) is 0 Å². The molecule has 80 valence electrons. The second kappa shape index (κ2) is 5.58. The number of likely N-dealkylation sites (N-methyl/N-ethyl adjacent to an activating group) is 1. The zero-order chi connectivity index (χ0) is 10.5. The minimum Gasteiger partial charge on any atom is -0.395 e. The second-order valence-electron chi connectivity index (χ2n) is 4.64. The molecule has 0 aromatic carbocycles. The largest absolute Gasteiger partial charge is 0.395 e. The van der Waals surface area contributed by atoms with Gasteiger partial charge in [0.15, 0.2) is 0 Å². The second-order valence-corrected chi connectivity index (χ2v) is 4.64. The van der Waals surface area contributed by atoms with Crippen LogP contribution in [0.4, 0.5) is 0 Å². The van der Waals surface area contributed by atoms with E-state index in [0.29, 0.717) is 0 Å². The summed E-state index contributed by atoms with van der Waals surface area (Å²) in [7, 11) is 4.02. The van der Waals surface area contributed by atoms with E-state index in [1.165, 1.54) is 0 Å². The molecule has 0 heterocycles. The van der Waals surface area contributed by atoms with Crippen molar-refractivity contribution in [2.75, 3.05) is 33.8 Å². The molecule has 0 aliphatic heterocycles. The lowest BCUT2D eigenvalue weighted by Crippen LogP contribution is -2.42. The van der Waals surface area contributed by atoms with Crippen LogP contribution in [0.15, 0.2) is 0 Å². The highest BCUT2D eigenvalue weighted by Crippen LogP contribution is 2.15. The summed E-state index contributed by atoms with van der Waals surface area (Å²) in [5.41, 5.74) is 0.257. The molecule has 0 saturated carbocycles. The van der Waals surface area contributed by atoms with Gasteiger partial charge in [-0.25, -0.2) is 0 Å². The van der Waals surface area contributed by atoms with E-state index < -0.39 is 0 Å². The van der Waals surface area contributed by atoms with Gasteiger partial charge in [-0.3, -0.25) is 0 Å². The van der Waals surface area contributed by atoms with Crippen LogP contribution in [0.2, 0.25) is 0 Å². The maximum atomic E-state index is 8.97. The Hall–Kier alpha value is -0.120. The lowest BCUT2D eigenvalue weighted by Gasteiger charge is -2.33. The monoisotopic (exact) mass is 188 g/mol. The van der Waals surface area contributed by atoms with Crippen LogP contribution in [0.5, 0.6) is 0 Å². The summed E-state index contributed by atoms with van der Waals surface area (Å²) in [5.74, 6) is 0. The first-order chi connectivity index (χ1) is 5.93. The van der Waals surface area contributed by atoms with Crippen LogP contribution in [0.25, 0.3) is 0 Å². The maximum absolute atomic E-state index is 8.97. The van der Waals surface area contributed by atoms with E-state index in [-0.39, 0.29) is 18.1 Å². The van der Waals surface area contributed by atoms with Crippen LogP contribution in [-0.2, 0) is 0 Å². The van der Waals surface area contributed by atoms with Gasteiger partial charge in [0.25, 0.3) is 0 Å². The van der Waals surface area contributed by atoms with Crippen LogP contribution in [0.3, 0.4) is 0 Å². The van der Waals surface area contributed by atoms with E-state index in [1.54, 1.807) is 0 Å². The third kappa shape index (κ3) is 5.24. The van der Waals surface area contributed by atoms with Gasteiger partial charge in [0, 0.05) is 19.1 Å². The molecular formula is C10H24N2O. The van der Waals surface area contributed by atoms with E-state index in [0.717, 1.165) is 13.1 Å². The van der Waals surface area contributed by atoms with Crippen molar-refractivity contribution in [2.24, 2.45) is 5.41 Å². The van der Waals surface area contributed by atoms with Gasteiger partial charge in [-0.1, -0.05) is 13.8 Å². The fraction of sp³-hybridized carbons (Fsp3) is 1.00. The lowest BCUT2D eigenvalue weighted by molar-refractivity contribution is 0.118. The molecule has 1 unspecified atom stereocenters. The molecule has 0 aromatic rings. The van der Waals surface area contributed by atoms with Crippen molar-refractivity contribution < 1.29 is 5.11 Å². The maximum Gasteiger partial charge on any atom is 0.0584 e. The van der Waals surface area contributed by atoms with Gasteiger partial charge in [0.1, 0.15) is 0 Å². The van der Waals surface area contributed by atoms with Crippen molar-refractivity contribution in [2.45, 2.75) is 26.8 Å². The van der Waals surface area contributed by atoms with E-state index in [9.17, 15) is 0 Å². The zero-order valence-corrected chi connectivity index (χ0v) is 9.59. The summed E-state index contributed by atoms with van der Waals surface area (Å²) >= 11 is 0. The van der Waals surface area contributed by atoms with E-state index in [1.807, 2.05) is 14.0 Å². The summed E-state index contributed by atoms with van der Waals surface area (Å²) < 4.78 is 0. The van der Waals surface area contributed by atoms with Gasteiger partial charge in [-0.05, 0) is 26.4 Å². The Morgan fingerprint density at radius 1 is 1.46 bits per heavy atom. The summed E-state index contributed by atoms with van der Waals surface area (Å²) in [4.78, 5) is 2.19. The Balaban J connectivity index is 3.94. The predicted molar refractivity (Wildman–Crippen MR) is 56.9 cm³/mol. The number of nitrogens with one attached hydrogen (secondary N) is 1. The first-order valence-electron chi connectivity index (χ1n) is 4.88. The predicted octanol–water partition coefficient (Wildman–Crippen LogP) is 0.545. The quantitative estimate of drug-likeness (QED) is 0.639. The highest BCUT2D eigenvalue weighted by molar-refractivity contribution is 4.76. The SMILES string of the molecule is CNCC(C)(C)CN(C)C(C)CO. The summed E-state index contributed by atoms with van der Waals surface area (Å²) in [6, 6.07) is 0.246. The zero-order valence-electron chi connectivity index (χ0n) is 9.59. The van der Waals surface area contributed by atoms with Gasteiger partial charge >= 0.3 is 0 Å². The van der Waals surface area contributed by atoms with Crippen LogP contribution in [0.1, 0.15) is 20.8 Å². The molecule has 2 N–H and O–H groups in total. The minimum absolute atomic E-state index is 0.228. The van der Waals surface area contributed by atoms with Crippen LogP contribution in [-0.4, -0.2) is 49.8 Å². The van der Waals surface area contributed by atoms with E-state index in [4.69, 9.17) is 5.11 Å². The standard InChI is InChI=1S/C10H24N2O/c1-9(6-13)12(5)8-10(2,3)7-11-4/h9,11,13H,6-8H2,1-5H3. The molecule has 3 nitrogen and oxygen atoms in total. The smallest absolute Gasteiger partial charge is 0.0584 e. The average Bonchev–Trinajstić information content (AvgIpc) is 2.01. The molecule has 0 bridgehead atoms. The Morgan fingerprint density at radius 2 is 2.00 bits per heavy atom. The van der Waals surface area contributed by atoms with Crippen LogP contribution >= 0.6 is 0 Å². The Kier molecular flexibility index (Phi) is 5.53. The highest BCUT2D eigenvalue weighted by atomic mass is 16.3. The molecular weight excluding hydrogens is 164 g/mol. The third-order valence-corrected chi connectivity index (χ3v) is 2.35. The van der Waals surface area contributed by atoms with E-state index in [2.05, 4.69) is 31.1 Å². The number of rotatable bonds is 6. The molecule has 0 fully saturated rings. The van der Waals surface area contributed by atoms with Gasteiger partial charge in [0.05, 0.1) is 6.61 Å². The molecule has 0 rings (SSSR count). The van der Waals surface area contributed by atoms with Crippen molar-refractivity contribution in [3.63, 3.8) is 0 Å². The summed E-state index contributed by atoms with van der Waals surface area (Å²) in [5, 5.41) is 12.2. The van der Waals surface area contributed by atoms with Crippen LogP contribution < -0.4 is 5.32 Å². The molecule has 0 aliphatic carbocycles. The molecule has 0 saturated heterocycles. The number of aliphatic hydroxyl groups excluding tert-OH is 1. The lowest BCUT2D eigenvalue weighted by atomic mass is 9.92. The summed E-state index contributed by atoms with van der Waals surface area (Å²) in [6.45, 7) is 8.71. The fourth-order valence-electron chi connectivity index (χ4n) is 1.50. The first kappa shape index (κ1) is 12.9. The van der Waals surface area contributed by atoms with Crippen molar-refractivity contribution in [1.82, 2.24) is 10.2 Å². The molecule has 3 heteroatoms. The molecule has 0 aromatic heterocycles. The Bertz CT molecular complexity index is 137. The van der Waals surface area contributed by atoms with Crippen molar-refractivity contribution in [1.29, 1.82) is 0 Å². The molecule has 0 radical (unpaired) electrons. The molecule has 0 amide bonds. The Labute approximate surface area is 82.1 Å². The topological polar surface area (TPSA) is 35.5 Å². The molecule has 13 heavy (non-hydrogen) atoms. The van der Waals surface area contributed by atoms with Gasteiger partial charge in [-0.15, -0.1) is 0 Å². The third-order valence-electron chi connectivity index (χ3n) is 2.35. The fourth-order valence-corrected chi connectivity index (χ4v) is 1.50. The number of nitrogens with zero attached hydrogens (tertiary/aromatic N) is 1. The average molecular weight is 188 g/mol. The molecule has 0 spiro atoms.